The molecule has 1 aromatic carbocycles. The third kappa shape index (κ3) is 3.86. The average molecular weight is 298 g/mol. The van der Waals surface area contributed by atoms with Crippen molar-refractivity contribution in [1.29, 1.82) is 0 Å². The topological polar surface area (TPSA) is 58.9 Å². The lowest BCUT2D eigenvalue weighted by molar-refractivity contribution is 0.00620. The van der Waals surface area contributed by atoms with Gasteiger partial charge in [0.05, 0.1) is 12.2 Å². The predicted octanol–water partition coefficient (Wildman–Crippen LogP) is 2.61. The monoisotopic (exact) mass is 298 g/mol. The van der Waals surface area contributed by atoms with Crippen LogP contribution in [0, 0.1) is 5.82 Å². The molecule has 1 aromatic rings. The summed E-state index contributed by atoms with van der Waals surface area (Å²) < 4.78 is 24.9. The van der Waals surface area contributed by atoms with Gasteiger partial charge in [-0.3, -0.25) is 0 Å². The number of halogens is 1. The second-order valence-electron chi connectivity index (χ2n) is 5.58. The second kappa shape index (κ2) is 7.09. The zero-order valence-electron chi connectivity index (χ0n) is 12.5. The molecule has 118 valence electrons. The lowest BCUT2D eigenvalue weighted by Gasteiger charge is -2.24. The van der Waals surface area contributed by atoms with Crippen molar-refractivity contribution in [1.82, 2.24) is 0 Å². The molecule has 1 heterocycles. The van der Waals surface area contributed by atoms with Crippen LogP contribution in [0.5, 0.6) is 11.5 Å². The number of aliphatic hydroxyl groups excluding tert-OH is 2. The Labute approximate surface area is 124 Å². The van der Waals surface area contributed by atoms with E-state index >= 15 is 0 Å². The highest BCUT2D eigenvalue weighted by Crippen LogP contribution is 2.36. The quantitative estimate of drug-likeness (QED) is 0.847. The van der Waals surface area contributed by atoms with Crippen LogP contribution >= 0.6 is 0 Å². The normalized spacial score (nSPS) is 18.1. The third-order valence-corrected chi connectivity index (χ3v) is 3.82. The third-order valence-electron chi connectivity index (χ3n) is 3.82. The Morgan fingerprint density at radius 3 is 2.38 bits per heavy atom. The van der Waals surface area contributed by atoms with Crippen molar-refractivity contribution in [3.05, 3.63) is 23.5 Å². The van der Waals surface area contributed by atoms with Crippen molar-refractivity contribution in [2.24, 2.45) is 0 Å². The Morgan fingerprint density at radius 1 is 1.14 bits per heavy atom. The van der Waals surface area contributed by atoms with Gasteiger partial charge in [-0.2, -0.15) is 0 Å². The molecule has 1 aliphatic rings. The maximum absolute atomic E-state index is 14.1. The summed E-state index contributed by atoms with van der Waals surface area (Å²) >= 11 is 0. The van der Waals surface area contributed by atoms with Gasteiger partial charge in [0.25, 0.3) is 0 Å². The van der Waals surface area contributed by atoms with Crippen molar-refractivity contribution < 1.29 is 24.1 Å². The Kier molecular flexibility index (Phi) is 5.42. The Hall–Kier alpha value is -1.33. The van der Waals surface area contributed by atoms with Crippen molar-refractivity contribution >= 4 is 0 Å². The van der Waals surface area contributed by atoms with Gasteiger partial charge in [-0.1, -0.05) is 20.3 Å². The van der Waals surface area contributed by atoms with Crippen molar-refractivity contribution in [2.75, 3.05) is 13.2 Å². The summed E-state index contributed by atoms with van der Waals surface area (Å²) in [6.45, 7) is 4.64. The number of hydrogen-bond acceptors (Lipinski definition) is 4. The smallest absolute Gasteiger partial charge is 0.164 e. The molecule has 0 aromatic heterocycles. The van der Waals surface area contributed by atoms with Gasteiger partial charge in [0.2, 0.25) is 0 Å². The first-order chi connectivity index (χ1) is 10.0. The first-order valence-corrected chi connectivity index (χ1v) is 7.48. The summed E-state index contributed by atoms with van der Waals surface area (Å²) in [7, 11) is 0. The van der Waals surface area contributed by atoms with E-state index in [-0.39, 0.29) is 11.7 Å². The molecule has 5 heteroatoms. The van der Waals surface area contributed by atoms with Gasteiger partial charge >= 0.3 is 0 Å². The second-order valence-corrected chi connectivity index (χ2v) is 5.58. The summed E-state index contributed by atoms with van der Waals surface area (Å²) in [5.41, 5.74) is 0.474. The molecule has 0 amide bonds. The van der Waals surface area contributed by atoms with E-state index in [4.69, 9.17) is 9.47 Å². The fourth-order valence-electron chi connectivity index (χ4n) is 2.59. The first kappa shape index (κ1) is 16.0. The van der Waals surface area contributed by atoms with Gasteiger partial charge in [-0.15, -0.1) is 0 Å². The zero-order chi connectivity index (χ0) is 15.4. The molecule has 0 saturated carbocycles. The fourth-order valence-corrected chi connectivity index (χ4v) is 2.59. The van der Waals surface area contributed by atoms with E-state index in [1.807, 2.05) is 13.8 Å². The standard InChI is InChI=1S/C16H23FO4/c1-3-4-13(18)14(19)7-10(2)11-8-15-16(9-12(11)17)21-6-5-20-15/h8-10,13-14,18-19H,3-7H2,1-2H3. The lowest BCUT2D eigenvalue weighted by atomic mass is 9.91. The number of fused-ring (bicyclic) bond motifs is 1. The van der Waals surface area contributed by atoms with Crippen LogP contribution in [0.15, 0.2) is 12.1 Å². The van der Waals surface area contributed by atoms with Crippen LogP contribution in [0.3, 0.4) is 0 Å². The molecular formula is C16H23FO4. The molecule has 0 spiro atoms. The molecule has 2 N–H and O–H groups in total. The molecule has 3 unspecified atom stereocenters. The highest BCUT2D eigenvalue weighted by molar-refractivity contribution is 5.45. The molecule has 0 radical (unpaired) electrons. The average Bonchev–Trinajstić information content (AvgIpc) is 2.46. The Morgan fingerprint density at radius 2 is 1.76 bits per heavy atom. The van der Waals surface area contributed by atoms with Crippen LogP contribution in [-0.2, 0) is 0 Å². The number of hydrogen-bond donors (Lipinski definition) is 2. The van der Waals surface area contributed by atoms with Gasteiger partial charge in [-0.25, -0.2) is 4.39 Å². The number of ether oxygens (including phenoxy) is 2. The molecule has 2 rings (SSSR count). The SMILES string of the molecule is CCCC(O)C(O)CC(C)c1cc2c(cc1F)OCCO2. The van der Waals surface area contributed by atoms with E-state index in [1.165, 1.54) is 6.07 Å². The number of aliphatic hydroxyl groups is 2. The fraction of sp³-hybridized carbons (Fsp3) is 0.625. The van der Waals surface area contributed by atoms with Gasteiger partial charge in [0.15, 0.2) is 11.5 Å². The van der Waals surface area contributed by atoms with Crippen LogP contribution in [0.1, 0.15) is 44.6 Å². The minimum absolute atomic E-state index is 0.220. The largest absolute Gasteiger partial charge is 0.486 e. The summed E-state index contributed by atoms with van der Waals surface area (Å²) in [5, 5.41) is 19.8. The summed E-state index contributed by atoms with van der Waals surface area (Å²) in [4.78, 5) is 0. The highest BCUT2D eigenvalue weighted by atomic mass is 19.1. The number of rotatable bonds is 6. The van der Waals surface area contributed by atoms with Crippen molar-refractivity contribution in [2.45, 2.75) is 51.2 Å². The lowest BCUT2D eigenvalue weighted by Crippen LogP contribution is -2.27. The molecule has 4 nitrogen and oxygen atoms in total. The minimum Gasteiger partial charge on any atom is -0.486 e. The van der Waals surface area contributed by atoms with Crippen LogP contribution in [-0.4, -0.2) is 35.6 Å². The van der Waals surface area contributed by atoms with Crippen LogP contribution < -0.4 is 9.47 Å². The van der Waals surface area contributed by atoms with Gasteiger partial charge < -0.3 is 19.7 Å². The molecule has 0 fully saturated rings. The van der Waals surface area contributed by atoms with E-state index in [9.17, 15) is 14.6 Å². The van der Waals surface area contributed by atoms with Crippen LogP contribution in [0.2, 0.25) is 0 Å². The van der Waals surface area contributed by atoms with E-state index in [1.54, 1.807) is 6.07 Å². The van der Waals surface area contributed by atoms with Crippen LogP contribution in [0.4, 0.5) is 4.39 Å². The molecule has 1 aliphatic heterocycles. The molecular weight excluding hydrogens is 275 g/mol. The minimum atomic E-state index is -0.854. The highest BCUT2D eigenvalue weighted by Gasteiger charge is 2.23. The Balaban J connectivity index is 2.10. The van der Waals surface area contributed by atoms with E-state index in [0.717, 1.165) is 6.42 Å². The molecule has 21 heavy (non-hydrogen) atoms. The summed E-state index contributed by atoms with van der Waals surface area (Å²) in [6, 6.07) is 2.96. The van der Waals surface area contributed by atoms with E-state index in [0.29, 0.717) is 43.1 Å². The predicted molar refractivity (Wildman–Crippen MR) is 77.3 cm³/mol. The zero-order valence-corrected chi connectivity index (χ0v) is 12.5. The molecule has 3 atom stereocenters. The number of benzene rings is 1. The summed E-state index contributed by atoms with van der Waals surface area (Å²) in [6.07, 6.45) is 0.0190. The van der Waals surface area contributed by atoms with Gasteiger partial charge in [-0.05, 0) is 30.4 Å². The molecule has 0 bridgehead atoms. The maximum Gasteiger partial charge on any atom is 0.164 e. The maximum atomic E-state index is 14.1. The van der Waals surface area contributed by atoms with Crippen molar-refractivity contribution in [3.63, 3.8) is 0 Å². The first-order valence-electron chi connectivity index (χ1n) is 7.48. The van der Waals surface area contributed by atoms with E-state index in [2.05, 4.69) is 0 Å². The molecule has 0 aliphatic carbocycles. The van der Waals surface area contributed by atoms with Crippen LogP contribution in [0.25, 0.3) is 0 Å². The van der Waals surface area contributed by atoms with Gasteiger partial charge in [0, 0.05) is 6.07 Å². The molecule has 0 saturated heterocycles. The van der Waals surface area contributed by atoms with Gasteiger partial charge in [0.1, 0.15) is 19.0 Å². The van der Waals surface area contributed by atoms with E-state index < -0.39 is 12.2 Å². The van der Waals surface area contributed by atoms with Crippen molar-refractivity contribution in [3.8, 4) is 11.5 Å². The Bertz CT molecular complexity index is 478. The summed E-state index contributed by atoms with van der Waals surface area (Å²) in [5.74, 6) is 0.362.